The number of nitrogens with zero attached hydrogens (tertiary/aromatic N) is 1. The van der Waals surface area contributed by atoms with Gasteiger partial charge in [0.1, 0.15) is 0 Å². The number of oxime groups is 1. The summed E-state index contributed by atoms with van der Waals surface area (Å²) in [7, 11) is 0. The van der Waals surface area contributed by atoms with Crippen molar-refractivity contribution < 1.29 is 14.4 Å². The van der Waals surface area contributed by atoms with E-state index in [-0.39, 0.29) is 18.4 Å². The van der Waals surface area contributed by atoms with Gasteiger partial charge in [0.15, 0.2) is 0 Å². The molecule has 2 rings (SSSR count). The maximum atomic E-state index is 11.9. The summed E-state index contributed by atoms with van der Waals surface area (Å²) >= 11 is 0. The highest BCUT2D eigenvalue weighted by atomic mass is 16.6. The summed E-state index contributed by atoms with van der Waals surface area (Å²) in [5.41, 5.74) is 2.85. The van der Waals surface area contributed by atoms with Crippen LogP contribution in [0.3, 0.4) is 0 Å². The van der Waals surface area contributed by atoms with Crippen LogP contribution in [-0.4, -0.2) is 36.7 Å². The van der Waals surface area contributed by atoms with Gasteiger partial charge in [-0.25, -0.2) is 0 Å². The van der Waals surface area contributed by atoms with Crippen LogP contribution in [-0.2, 0) is 14.4 Å². The molecule has 1 aliphatic rings. The van der Waals surface area contributed by atoms with E-state index in [0.29, 0.717) is 13.0 Å². The maximum absolute atomic E-state index is 11.9. The Morgan fingerprint density at radius 1 is 1.29 bits per heavy atom. The topological polar surface area (TPSA) is 79.8 Å². The van der Waals surface area contributed by atoms with Gasteiger partial charge in [-0.15, -0.1) is 0 Å². The number of carbonyl (C=O) groups is 2. The van der Waals surface area contributed by atoms with E-state index in [1.165, 1.54) is 0 Å². The van der Waals surface area contributed by atoms with Gasteiger partial charge in [-0.3, -0.25) is 9.59 Å². The average molecular weight is 289 g/mol. The minimum Gasteiger partial charge on any atom is -0.382 e. The lowest BCUT2D eigenvalue weighted by Gasteiger charge is -2.09. The number of nitrogens with one attached hydrogen (secondary N) is 2. The Morgan fingerprint density at radius 2 is 2.00 bits per heavy atom. The van der Waals surface area contributed by atoms with Crippen LogP contribution in [0.5, 0.6) is 0 Å². The smallest absolute Gasteiger partial charge is 0.264 e. The quantitative estimate of drug-likeness (QED) is 0.839. The van der Waals surface area contributed by atoms with Gasteiger partial charge in [-0.2, -0.15) is 0 Å². The molecule has 6 nitrogen and oxygen atoms in total. The molecule has 0 saturated heterocycles. The second-order valence-electron chi connectivity index (χ2n) is 4.87. The van der Waals surface area contributed by atoms with E-state index in [1.807, 2.05) is 38.1 Å². The summed E-state index contributed by atoms with van der Waals surface area (Å²) < 4.78 is 0. The van der Waals surface area contributed by atoms with Crippen LogP contribution < -0.4 is 10.6 Å². The molecule has 1 aromatic rings. The van der Waals surface area contributed by atoms with Crippen LogP contribution in [0.2, 0.25) is 0 Å². The fourth-order valence-corrected chi connectivity index (χ4v) is 1.98. The fraction of sp³-hybridized carbons (Fsp3) is 0.400. The van der Waals surface area contributed by atoms with Crippen molar-refractivity contribution in [1.29, 1.82) is 0 Å². The second-order valence-corrected chi connectivity index (χ2v) is 4.87. The van der Waals surface area contributed by atoms with Gasteiger partial charge in [0, 0.05) is 13.0 Å². The van der Waals surface area contributed by atoms with E-state index in [0.717, 1.165) is 16.8 Å². The Morgan fingerprint density at radius 3 is 2.67 bits per heavy atom. The van der Waals surface area contributed by atoms with Crippen molar-refractivity contribution in [1.82, 2.24) is 10.6 Å². The average Bonchev–Trinajstić information content (AvgIpc) is 2.96. The van der Waals surface area contributed by atoms with E-state index >= 15 is 0 Å². The zero-order chi connectivity index (χ0) is 15.2. The van der Waals surface area contributed by atoms with E-state index in [1.54, 1.807) is 0 Å². The highest BCUT2D eigenvalue weighted by molar-refractivity contribution is 6.04. The molecule has 0 radical (unpaired) electrons. The van der Waals surface area contributed by atoms with E-state index in [9.17, 15) is 9.59 Å². The predicted molar refractivity (Wildman–Crippen MR) is 78.9 cm³/mol. The third kappa shape index (κ3) is 4.05. The molecule has 112 valence electrons. The molecule has 2 amide bonds. The molecule has 1 heterocycles. The molecule has 1 atom stereocenters. The minimum absolute atomic E-state index is 0.0492. The molecule has 1 aromatic carbocycles. The van der Waals surface area contributed by atoms with Gasteiger partial charge in [-0.1, -0.05) is 35.0 Å². The molecule has 2 N–H and O–H groups in total. The van der Waals surface area contributed by atoms with Crippen LogP contribution in [0, 0.1) is 6.92 Å². The summed E-state index contributed by atoms with van der Waals surface area (Å²) in [5, 5.41) is 9.11. The first kappa shape index (κ1) is 15.0. The molecule has 6 heteroatoms. The van der Waals surface area contributed by atoms with Crippen molar-refractivity contribution in [3.63, 3.8) is 0 Å². The van der Waals surface area contributed by atoms with Crippen molar-refractivity contribution in [2.45, 2.75) is 26.4 Å². The normalized spacial score (nSPS) is 16.9. The molecule has 0 aromatic heterocycles. The van der Waals surface area contributed by atoms with Crippen molar-refractivity contribution >= 4 is 17.5 Å². The highest BCUT2D eigenvalue weighted by Crippen LogP contribution is 2.17. The zero-order valence-corrected chi connectivity index (χ0v) is 12.2. The molecule has 1 unspecified atom stereocenters. The molecule has 0 fully saturated rings. The molecule has 0 spiro atoms. The van der Waals surface area contributed by atoms with Gasteiger partial charge in [0.25, 0.3) is 5.91 Å². The number of benzene rings is 1. The third-order valence-electron chi connectivity index (χ3n) is 3.14. The first-order valence-corrected chi connectivity index (χ1v) is 6.94. The van der Waals surface area contributed by atoms with Gasteiger partial charge in [-0.05, 0) is 19.4 Å². The number of rotatable bonds is 5. The Bertz CT molecular complexity index is 552. The lowest BCUT2D eigenvalue weighted by molar-refractivity contribution is -0.133. The number of likely N-dealkylation sites (N-methyl/N-ethyl adjacent to an activating group) is 1. The fourth-order valence-electron chi connectivity index (χ4n) is 1.98. The van der Waals surface area contributed by atoms with Gasteiger partial charge < -0.3 is 15.5 Å². The summed E-state index contributed by atoms with van der Waals surface area (Å²) in [5.74, 6) is -0.546. The van der Waals surface area contributed by atoms with Crippen LogP contribution in [0.25, 0.3) is 0 Å². The van der Waals surface area contributed by atoms with E-state index < -0.39 is 6.10 Å². The second kappa shape index (κ2) is 6.88. The van der Waals surface area contributed by atoms with Gasteiger partial charge in [0.2, 0.25) is 12.0 Å². The van der Waals surface area contributed by atoms with Crippen molar-refractivity contribution in [2.24, 2.45) is 5.16 Å². The van der Waals surface area contributed by atoms with Gasteiger partial charge >= 0.3 is 0 Å². The largest absolute Gasteiger partial charge is 0.382 e. The molecule has 0 aliphatic carbocycles. The molecule has 21 heavy (non-hydrogen) atoms. The highest BCUT2D eigenvalue weighted by Gasteiger charge is 2.28. The Balaban J connectivity index is 1.85. The standard InChI is InChI=1S/C15H19N3O3/c1-3-16-14(19)9-17-15(20)13-8-12(18-21-13)11-6-4-10(2)5-7-11/h4-7,13H,3,8-9H2,1-2H3,(H,16,19)(H,17,20). The van der Waals surface area contributed by atoms with Crippen LogP contribution in [0.1, 0.15) is 24.5 Å². The van der Waals surface area contributed by atoms with E-state index in [2.05, 4.69) is 15.8 Å². The number of carbonyl (C=O) groups excluding carboxylic acids is 2. The lowest BCUT2D eigenvalue weighted by atomic mass is 10.0. The minimum atomic E-state index is -0.671. The Hall–Kier alpha value is -2.37. The molecular weight excluding hydrogens is 270 g/mol. The number of aryl methyl sites for hydroxylation is 1. The monoisotopic (exact) mass is 289 g/mol. The molecule has 0 bridgehead atoms. The summed E-state index contributed by atoms with van der Waals surface area (Å²) in [4.78, 5) is 28.3. The van der Waals surface area contributed by atoms with Crippen molar-refractivity contribution in [3.8, 4) is 0 Å². The van der Waals surface area contributed by atoms with Crippen molar-refractivity contribution in [2.75, 3.05) is 13.1 Å². The molecular formula is C15H19N3O3. The van der Waals surface area contributed by atoms with Crippen LogP contribution >= 0.6 is 0 Å². The number of hydrogen-bond donors (Lipinski definition) is 2. The maximum Gasteiger partial charge on any atom is 0.264 e. The first-order chi connectivity index (χ1) is 10.1. The number of amides is 2. The third-order valence-corrected chi connectivity index (χ3v) is 3.14. The predicted octanol–water partition coefficient (Wildman–Crippen LogP) is 0.740. The Labute approximate surface area is 123 Å². The Kier molecular flexibility index (Phi) is 4.92. The first-order valence-electron chi connectivity index (χ1n) is 6.94. The zero-order valence-electron chi connectivity index (χ0n) is 12.2. The van der Waals surface area contributed by atoms with Crippen LogP contribution in [0.4, 0.5) is 0 Å². The summed E-state index contributed by atoms with van der Waals surface area (Å²) in [6.45, 7) is 4.32. The molecule has 0 saturated carbocycles. The van der Waals surface area contributed by atoms with Crippen LogP contribution in [0.15, 0.2) is 29.4 Å². The summed E-state index contributed by atoms with van der Waals surface area (Å²) in [6, 6.07) is 7.87. The van der Waals surface area contributed by atoms with Gasteiger partial charge in [0.05, 0.1) is 12.3 Å². The van der Waals surface area contributed by atoms with E-state index in [4.69, 9.17) is 4.84 Å². The molecule has 1 aliphatic heterocycles. The SMILES string of the molecule is CCNC(=O)CNC(=O)C1CC(c2ccc(C)cc2)=NO1. The lowest BCUT2D eigenvalue weighted by Crippen LogP contribution is -2.41. The number of hydrogen-bond acceptors (Lipinski definition) is 4. The van der Waals surface area contributed by atoms with Crippen molar-refractivity contribution in [3.05, 3.63) is 35.4 Å². The summed E-state index contributed by atoms with van der Waals surface area (Å²) in [6.07, 6.45) is -0.264.